The number of piperidine rings is 2. The Morgan fingerprint density at radius 2 is 1.57 bits per heavy atom. The van der Waals surface area contributed by atoms with Crippen molar-refractivity contribution in [2.75, 3.05) is 32.7 Å². The van der Waals surface area contributed by atoms with Crippen LogP contribution in [0.25, 0.3) is 0 Å². The number of carbonyl (C=O) groups excluding carboxylic acids is 4. The van der Waals surface area contributed by atoms with Crippen LogP contribution in [-0.2, 0) is 27.1 Å². The van der Waals surface area contributed by atoms with Gasteiger partial charge in [0.05, 0.1) is 12.1 Å². The standard InChI is InChI=1S/C33H39F4N3O6/c1-32(2,3)46-31(44)38-16-13-23(14-17-38)29(42)40(20-28(41)26-12-11-24(34)18-27(26)33(35,36)37)25-10-7-15-39(19-25)30(43)45-21-22-8-5-4-6-9-22/h4-6,8-9,11-12,18,23,25H,7,10,13-17,19-21H2,1-3H3. The molecular weight excluding hydrogens is 610 g/mol. The number of carbonyl (C=O) groups is 4. The second kappa shape index (κ2) is 14.5. The normalized spacial score (nSPS) is 17.8. The second-order valence-corrected chi connectivity index (χ2v) is 12.6. The van der Waals surface area contributed by atoms with E-state index in [-0.39, 0.29) is 45.1 Å². The summed E-state index contributed by atoms with van der Waals surface area (Å²) in [5.74, 6) is -3.24. The van der Waals surface area contributed by atoms with Crippen LogP contribution in [0.15, 0.2) is 48.5 Å². The van der Waals surface area contributed by atoms with Crippen molar-refractivity contribution in [2.24, 2.45) is 5.92 Å². The van der Waals surface area contributed by atoms with Crippen LogP contribution in [0.5, 0.6) is 0 Å². The molecule has 0 aromatic heterocycles. The number of ketones is 1. The Kier molecular flexibility index (Phi) is 10.9. The molecule has 0 aliphatic carbocycles. The lowest BCUT2D eigenvalue weighted by Gasteiger charge is -2.41. The molecule has 3 amide bonds. The molecule has 2 aliphatic rings. The minimum absolute atomic E-state index is 0.0128. The van der Waals surface area contributed by atoms with Gasteiger partial charge in [0, 0.05) is 43.7 Å². The van der Waals surface area contributed by atoms with Gasteiger partial charge in [-0.3, -0.25) is 9.59 Å². The largest absolute Gasteiger partial charge is 0.445 e. The third-order valence-corrected chi connectivity index (χ3v) is 7.98. The Hall–Kier alpha value is -4.16. The number of amides is 3. The molecule has 0 bridgehead atoms. The molecule has 2 aromatic rings. The first-order chi connectivity index (χ1) is 21.6. The van der Waals surface area contributed by atoms with Crippen molar-refractivity contribution < 1.29 is 46.2 Å². The molecule has 250 valence electrons. The van der Waals surface area contributed by atoms with E-state index in [4.69, 9.17) is 9.47 Å². The van der Waals surface area contributed by atoms with Gasteiger partial charge in [-0.2, -0.15) is 13.2 Å². The van der Waals surface area contributed by atoms with Crippen LogP contribution in [0.4, 0.5) is 27.2 Å². The van der Waals surface area contributed by atoms with Gasteiger partial charge in [-0.1, -0.05) is 30.3 Å². The Balaban J connectivity index is 1.53. The Morgan fingerprint density at radius 1 is 0.891 bits per heavy atom. The van der Waals surface area contributed by atoms with Crippen LogP contribution in [0, 0.1) is 11.7 Å². The predicted octanol–water partition coefficient (Wildman–Crippen LogP) is 6.30. The minimum Gasteiger partial charge on any atom is -0.445 e. The van der Waals surface area contributed by atoms with Crippen molar-refractivity contribution in [3.63, 3.8) is 0 Å². The number of rotatable bonds is 7. The van der Waals surface area contributed by atoms with Gasteiger partial charge < -0.3 is 24.2 Å². The number of hydrogen-bond donors (Lipinski definition) is 0. The summed E-state index contributed by atoms with van der Waals surface area (Å²) in [6.07, 6.45) is -4.77. The molecule has 0 radical (unpaired) electrons. The number of hydrogen-bond acceptors (Lipinski definition) is 6. The number of nitrogens with zero attached hydrogens (tertiary/aromatic N) is 3. The highest BCUT2D eigenvalue weighted by atomic mass is 19.4. The first-order valence-corrected chi connectivity index (χ1v) is 15.3. The van der Waals surface area contributed by atoms with Gasteiger partial charge in [-0.05, 0) is 70.2 Å². The van der Waals surface area contributed by atoms with Gasteiger partial charge >= 0.3 is 18.4 Å². The lowest BCUT2D eigenvalue weighted by molar-refractivity contribution is -0.140. The molecule has 2 aliphatic heterocycles. The van der Waals surface area contributed by atoms with E-state index in [1.54, 1.807) is 32.9 Å². The Bertz CT molecular complexity index is 1400. The third-order valence-electron chi connectivity index (χ3n) is 7.98. The van der Waals surface area contributed by atoms with Crippen molar-refractivity contribution in [2.45, 2.75) is 70.9 Å². The van der Waals surface area contributed by atoms with E-state index in [0.717, 1.165) is 17.7 Å². The fourth-order valence-corrected chi connectivity index (χ4v) is 5.68. The molecule has 4 rings (SSSR count). The van der Waals surface area contributed by atoms with E-state index >= 15 is 0 Å². The highest BCUT2D eigenvalue weighted by Crippen LogP contribution is 2.33. The zero-order valence-electron chi connectivity index (χ0n) is 26.1. The van der Waals surface area contributed by atoms with E-state index in [2.05, 4.69) is 0 Å². The molecular formula is C33H39F4N3O6. The summed E-state index contributed by atoms with van der Waals surface area (Å²) in [7, 11) is 0. The summed E-state index contributed by atoms with van der Waals surface area (Å²) in [6, 6.07) is 10.2. The summed E-state index contributed by atoms with van der Waals surface area (Å²) in [5, 5.41) is 0. The minimum atomic E-state index is -5.00. The Labute approximate surface area is 265 Å². The number of Topliss-reactive ketones (excluding diaryl/α,β-unsaturated/α-hetero) is 1. The fourth-order valence-electron chi connectivity index (χ4n) is 5.68. The molecule has 2 aromatic carbocycles. The zero-order chi connectivity index (χ0) is 33.6. The highest BCUT2D eigenvalue weighted by molar-refractivity contribution is 6.01. The topological polar surface area (TPSA) is 96.5 Å². The van der Waals surface area contributed by atoms with E-state index in [9.17, 15) is 36.7 Å². The molecule has 1 unspecified atom stereocenters. The number of alkyl halides is 3. The van der Waals surface area contributed by atoms with Gasteiger partial charge in [0.1, 0.15) is 18.0 Å². The number of likely N-dealkylation sites (tertiary alicyclic amines) is 2. The van der Waals surface area contributed by atoms with Crippen LogP contribution in [0.3, 0.4) is 0 Å². The van der Waals surface area contributed by atoms with Crippen LogP contribution in [0.2, 0.25) is 0 Å². The predicted molar refractivity (Wildman–Crippen MR) is 159 cm³/mol. The van der Waals surface area contributed by atoms with Crippen LogP contribution < -0.4 is 0 Å². The SMILES string of the molecule is CC(C)(C)OC(=O)N1CCC(C(=O)N(CC(=O)c2ccc(F)cc2C(F)(F)F)C2CCCN(C(=O)OCc3ccccc3)C2)CC1. The third kappa shape index (κ3) is 9.20. The van der Waals surface area contributed by atoms with Gasteiger partial charge in [-0.25, -0.2) is 14.0 Å². The van der Waals surface area contributed by atoms with Crippen LogP contribution in [-0.4, -0.2) is 82.9 Å². The zero-order valence-corrected chi connectivity index (χ0v) is 26.1. The molecule has 0 N–H and O–H groups in total. The molecule has 9 nitrogen and oxygen atoms in total. The summed E-state index contributed by atoms with van der Waals surface area (Å²) in [6.45, 7) is 5.34. The fraction of sp³-hybridized carbons (Fsp3) is 0.515. The number of halogens is 4. The van der Waals surface area contributed by atoms with Crippen molar-refractivity contribution in [3.05, 3.63) is 71.0 Å². The average molecular weight is 650 g/mol. The van der Waals surface area contributed by atoms with Gasteiger partial charge in [0.25, 0.3) is 0 Å². The molecule has 2 saturated heterocycles. The van der Waals surface area contributed by atoms with Crippen molar-refractivity contribution in [3.8, 4) is 0 Å². The van der Waals surface area contributed by atoms with Crippen molar-refractivity contribution >= 4 is 23.9 Å². The van der Waals surface area contributed by atoms with Crippen molar-refractivity contribution in [1.29, 1.82) is 0 Å². The highest BCUT2D eigenvalue weighted by Gasteiger charge is 2.40. The maximum atomic E-state index is 14.0. The molecule has 2 fully saturated rings. The van der Waals surface area contributed by atoms with Gasteiger partial charge in [0.2, 0.25) is 5.91 Å². The second-order valence-electron chi connectivity index (χ2n) is 12.6. The van der Waals surface area contributed by atoms with E-state index in [0.29, 0.717) is 19.4 Å². The van der Waals surface area contributed by atoms with E-state index in [1.165, 1.54) is 14.7 Å². The van der Waals surface area contributed by atoms with E-state index < -0.39 is 71.1 Å². The molecule has 46 heavy (non-hydrogen) atoms. The summed E-state index contributed by atoms with van der Waals surface area (Å²) < 4.78 is 66.0. The van der Waals surface area contributed by atoms with E-state index in [1.807, 2.05) is 18.2 Å². The summed E-state index contributed by atoms with van der Waals surface area (Å²) in [5.41, 5.74) is -2.10. The average Bonchev–Trinajstić information content (AvgIpc) is 3.01. The Morgan fingerprint density at radius 3 is 2.20 bits per heavy atom. The number of benzene rings is 2. The summed E-state index contributed by atoms with van der Waals surface area (Å²) in [4.78, 5) is 57.1. The molecule has 0 spiro atoms. The first kappa shape index (κ1) is 34.7. The molecule has 2 heterocycles. The monoisotopic (exact) mass is 649 g/mol. The maximum absolute atomic E-state index is 14.0. The first-order valence-electron chi connectivity index (χ1n) is 15.3. The maximum Gasteiger partial charge on any atom is 0.417 e. The number of ether oxygens (including phenoxy) is 2. The van der Waals surface area contributed by atoms with Gasteiger partial charge in [0.15, 0.2) is 5.78 Å². The smallest absolute Gasteiger partial charge is 0.417 e. The lowest BCUT2D eigenvalue weighted by Crippen LogP contribution is -2.55. The van der Waals surface area contributed by atoms with Gasteiger partial charge in [-0.15, -0.1) is 0 Å². The van der Waals surface area contributed by atoms with Crippen molar-refractivity contribution in [1.82, 2.24) is 14.7 Å². The molecule has 13 heteroatoms. The lowest BCUT2D eigenvalue weighted by atomic mass is 9.93. The molecule has 1 atom stereocenters. The van der Waals surface area contributed by atoms with Crippen LogP contribution >= 0.6 is 0 Å². The molecule has 0 saturated carbocycles. The summed E-state index contributed by atoms with van der Waals surface area (Å²) >= 11 is 0. The quantitative estimate of drug-likeness (QED) is 0.258. The van der Waals surface area contributed by atoms with Crippen LogP contribution in [0.1, 0.15) is 67.9 Å².